The maximum atomic E-state index is 10.2. The van der Waals surface area contributed by atoms with Gasteiger partial charge in [-0.3, -0.25) is 9.59 Å². The molecule has 25 heavy (non-hydrogen) atoms. The predicted octanol–water partition coefficient (Wildman–Crippen LogP) is 4.33. The first kappa shape index (κ1) is 26.1. The standard InChI is InChI=1S/C9H18.C7H15NO2.C4H9NO/c1-8(2)9-6-4-3-5-7-9;1-2-3-6(5-8)4-7(9)10;1-2-3-4(5)6/h8-9H,3-7H2,1-2H3;6H,2-5,8H2,1H3,(H,9,10);2-3H2,1H3,(H2,5,6). The van der Waals surface area contributed by atoms with E-state index in [1.807, 2.05) is 13.8 Å². The molecular formula is C20H42N2O3. The fourth-order valence-corrected chi connectivity index (χ4v) is 3.01. The van der Waals surface area contributed by atoms with Crippen LogP contribution in [-0.4, -0.2) is 23.5 Å². The molecule has 150 valence electrons. The van der Waals surface area contributed by atoms with Crippen LogP contribution in [0.2, 0.25) is 0 Å². The number of hydrogen-bond acceptors (Lipinski definition) is 3. The van der Waals surface area contributed by atoms with E-state index in [1.54, 1.807) is 0 Å². The lowest BCUT2D eigenvalue weighted by Crippen LogP contribution is -2.17. The van der Waals surface area contributed by atoms with Gasteiger partial charge in [0.2, 0.25) is 5.91 Å². The molecule has 0 saturated heterocycles. The number of carbonyl (C=O) groups is 2. The normalized spacial score (nSPS) is 15.4. The number of nitrogens with two attached hydrogens (primary N) is 2. The van der Waals surface area contributed by atoms with Gasteiger partial charge in [0.1, 0.15) is 0 Å². The van der Waals surface area contributed by atoms with Crippen molar-refractivity contribution in [3.8, 4) is 0 Å². The average molecular weight is 359 g/mol. The van der Waals surface area contributed by atoms with Crippen molar-refractivity contribution < 1.29 is 14.7 Å². The van der Waals surface area contributed by atoms with Crippen molar-refractivity contribution in [3.63, 3.8) is 0 Å². The first-order chi connectivity index (χ1) is 11.8. The van der Waals surface area contributed by atoms with Gasteiger partial charge in [0.15, 0.2) is 0 Å². The van der Waals surface area contributed by atoms with E-state index in [2.05, 4.69) is 13.8 Å². The predicted molar refractivity (Wildman–Crippen MR) is 105 cm³/mol. The van der Waals surface area contributed by atoms with E-state index in [0.717, 1.165) is 31.1 Å². The molecule has 0 radical (unpaired) electrons. The number of aliphatic carboxylic acids is 1. The second-order valence-electron chi connectivity index (χ2n) is 7.35. The van der Waals surface area contributed by atoms with Gasteiger partial charge in [0.05, 0.1) is 0 Å². The molecule has 0 aliphatic heterocycles. The highest BCUT2D eigenvalue weighted by molar-refractivity contribution is 5.73. The molecule has 1 fully saturated rings. The fourth-order valence-electron chi connectivity index (χ4n) is 3.01. The van der Waals surface area contributed by atoms with E-state index in [4.69, 9.17) is 16.6 Å². The highest BCUT2D eigenvalue weighted by atomic mass is 16.4. The molecule has 0 heterocycles. The SMILES string of the molecule is CC(C)C1CCCCC1.CCCC(CN)CC(=O)O.CCCC(N)=O. The summed E-state index contributed by atoms with van der Waals surface area (Å²) in [4.78, 5) is 20.0. The molecule has 1 atom stereocenters. The molecule has 1 aliphatic rings. The summed E-state index contributed by atoms with van der Waals surface area (Å²) < 4.78 is 0. The van der Waals surface area contributed by atoms with Crippen molar-refractivity contribution in [2.24, 2.45) is 29.2 Å². The van der Waals surface area contributed by atoms with Crippen LogP contribution >= 0.6 is 0 Å². The third-order valence-electron chi connectivity index (χ3n) is 4.58. The van der Waals surface area contributed by atoms with Crippen LogP contribution in [-0.2, 0) is 9.59 Å². The molecule has 0 aromatic heterocycles. The monoisotopic (exact) mass is 358 g/mol. The van der Waals surface area contributed by atoms with E-state index < -0.39 is 5.97 Å². The second kappa shape index (κ2) is 17.7. The summed E-state index contributed by atoms with van der Waals surface area (Å²) in [5.41, 5.74) is 10.1. The molecule has 0 aromatic rings. The first-order valence-electron chi connectivity index (χ1n) is 9.98. The smallest absolute Gasteiger partial charge is 0.303 e. The van der Waals surface area contributed by atoms with Gasteiger partial charge in [0.25, 0.3) is 0 Å². The molecule has 0 aromatic carbocycles. The quantitative estimate of drug-likeness (QED) is 0.600. The van der Waals surface area contributed by atoms with E-state index in [-0.39, 0.29) is 18.2 Å². The number of rotatable bonds is 8. The number of amides is 1. The highest BCUT2D eigenvalue weighted by Gasteiger charge is 2.15. The Balaban J connectivity index is 0. The number of hydrogen-bond donors (Lipinski definition) is 3. The van der Waals surface area contributed by atoms with E-state index in [1.165, 1.54) is 32.1 Å². The van der Waals surface area contributed by atoms with E-state index >= 15 is 0 Å². The van der Waals surface area contributed by atoms with Crippen LogP contribution in [0.1, 0.15) is 91.9 Å². The zero-order valence-electron chi connectivity index (χ0n) is 16.9. The Morgan fingerprint density at radius 2 is 1.64 bits per heavy atom. The number of carbonyl (C=O) groups excluding carboxylic acids is 1. The summed E-state index contributed by atoms with van der Waals surface area (Å²) in [7, 11) is 0. The lowest BCUT2D eigenvalue weighted by molar-refractivity contribution is -0.138. The molecule has 5 nitrogen and oxygen atoms in total. The summed E-state index contributed by atoms with van der Waals surface area (Å²) in [6.07, 6.45) is 11.0. The summed E-state index contributed by atoms with van der Waals surface area (Å²) in [6.45, 7) is 9.15. The van der Waals surface area contributed by atoms with Gasteiger partial charge in [-0.05, 0) is 37.1 Å². The minimum Gasteiger partial charge on any atom is -0.481 e. The minimum atomic E-state index is -0.746. The second-order valence-corrected chi connectivity index (χ2v) is 7.35. The van der Waals surface area contributed by atoms with Crippen molar-refractivity contribution in [2.75, 3.05) is 6.54 Å². The Bertz CT molecular complexity index is 327. The van der Waals surface area contributed by atoms with Crippen molar-refractivity contribution in [1.29, 1.82) is 0 Å². The van der Waals surface area contributed by atoms with Crippen molar-refractivity contribution >= 4 is 11.9 Å². The van der Waals surface area contributed by atoms with Gasteiger partial charge in [-0.15, -0.1) is 0 Å². The van der Waals surface area contributed by atoms with Gasteiger partial charge in [-0.1, -0.05) is 66.2 Å². The zero-order chi connectivity index (χ0) is 19.7. The third-order valence-corrected chi connectivity index (χ3v) is 4.58. The van der Waals surface area contributed by atoms with Gasteiger partial charge < -0.3 is 16.6 Å². The van der Waals surface area contributed by atoms with Gasteiger partial charge in [-0.25, -0.2) is 0 Å². The Labute approximate surface area is 154 Å². The van der Waals surface area contributed by atoms with Crippen molar-refractivity contribution in [2.45, 2.75) is 91.9 Å². The first-order valence-corrected chi connectivity index (χ1v) is 9.98. The molecule has 1 amide bonds. The topological polar surface area (TPSA) is 106 Å². The van der Waals surface area contributed by atoms with Gasteiger partial charge >= 0.3 is 5.97 Å². The average Bonchev–Trinajstić information content (AvgIpc) is 2.56. The fraction of sp³-hybridized carbons (Fsp3) is 0.900. The van der Waals surface area contributed by atoms with Crippen molar-refractivity contribution in [1.82, 2.24) is 0 Å². The number of carboxylic acids is 1. The largest absolute Gasteiger partial charge is 0.481 e. The Morgan fingerprint density at radius 3 is 1.88 bits per heavy atom. The molecule has 5 N–H and O–H groups in total. The van der Waals surface area contributed by atoms with Crippen LogP contribution in [0.15, 0.2) is 0 Å². The molecule has 1 saturated carbocycles. The van der Waals surface area contributed by atoms with Crippen LogP contribution in [0.4, 0.5) is 0 Å². The minimum absolute atomic E-state index is 0.169. The molecule has 1 unspecified atom stereocenters. The van der Waals surface area contributed by atoms with Crippen LogP contribution < -0.4 is 11.5 Å². The summed E-state index contributed by atoms with van der Waals surface area (Å²) in [5.74, 6) is 1.20. The Hall–Kier alpha value is -1.10. The number of carboxylic acid groups (broad SMARTS) is 1. The molecule has 1 rings (SSSR count). The van der Waals surface area contributed by atoms with Crippen LogP contribution in [0.25, 0.3) is 0 Å². The van der Waals surface area contributed by atoms with Crippen LogP contribution in [0, 0.1) is 17.8 Å². The summed E-state index contributed by atoms with van der Waals surface area (Å²) in [6, 6.07) is 0. The lowest BCUT2D eigenvalue weighted by atomic mass is 9.82. The van der Waals surface area contributed by atoms with Crippen molar-refractivity contribution in [3.05, 3.63) is 0 Å². The Morgan fingerprint density at radius 1 is 1.08 bits per heavy atom. The maximum Gasteiger partial charge on any atom is 0.303 e. The van der Waals surface area contributed by atoms with Gasteiger partial charge in [-0.2, -0.15) is 0 Å². The highest BCUT2D eigenvalue weighted by Crippen LogP contribution is 2.29. The van der Waals surface area contributed by atoms with Crippen LogP contribution in [0.3, 0.4) is 0 Å². The summed E-state index contributed by atoms with van der Waals surface area (Å²) in [5, 5.41) is 8.39. The molecule has 5 heteroatoms. The third kappa shape index (κ3) is 19.1. The lowest BCUT2D eigenvalue weighted by Gasteiger charge is -2.24. The molecule has 0 spiro atoms. The zero-order valence-corrected chi connectivity index (χ0v) is 16.9. The number of primary amides is 1. The van der Waals surface area contributed by atoms with E-state index in [0.29, 0.717) is 13.0 Å². The summed E-state index contributed by atoms with van der Waals surface area (Å²) >= 11 is 0. The van der Waals surface area contributed by atoms with E-state index in [9.17, 15) is 9.59 Å². The molecule has 0 bridgehead atoms. The van der Waals surface area contributed by atoms with Gasteiger partial charge in [0, 0.05) is 12.8 Å². The van der Waals surface area contributed by atoms with Crippen LogP contribution in [0.5, 0.6) is 0 Å². The maximum absolute atomic E-state index is 10.2. The molecular weight excluding hydrogens is 316 g/mol. The molecule has 1 aliphatic carbocycles. The Kier molecular flexibility index (Phi) is 18.5.